The van der Waals surface area contributed by atoms with E-state index >= 15 is 0 Å². The largest absolute Gasteiger partial charge is 0.416 e. The second kappa shape index (κ2) is 5.59. The first kappa shape index (κ1) is 16.4. The Morgan fingerprint density at radius 3 is 2.17 bits per heavy atom. The van der Waals surface area contributed by atoms with E-state index in [-0.39, 0.29) is 32.4 Å². The van der Waals surface area contributed by atoms with Crippen LogP contribution in [0.5, 0.6) is 0 Å². The van der Waals surface area contributed by atoms with Gasteiger partial charge in [0.15, 0.2) is 5.15 Å². The lowest BCUT2D eigenvalue weighted by Gasteiger charge is -2.12. The van der Waals surface area contributed by atoms with Gasteiger partial charge in [0.25, 0.3) is 0 Å². The van der Waals surface area contributed by atoms with Crippen LogP contribution in [0.15, 0.2) is 12.1 Å². The summed E-state index contributed by atoms with van der Waals surface area (Å²) in [6, 6.07) is 3.48. The number of hydrogen-bond donors (Lipinski definition) is 0. The van der Waals surface area contributed by atoms with Crippen molar-refractivity contribution in [1.82, 2.24) is 9.78 Å². The summed E-state index contributed by atoms with van der Waals surface area (Å²) < 4.78 is 39.5. The van der Waals surface area contributed by atoms with E-state index in [1.807, 2.05) is 6.07 Å². The maximum atomic E-state index is 12.8. The van der Waals surface area contributed by atoms with Crippen molar-refractivity contribution >= 4 is 34.8 Å². The minimum atomic E-state index is -4.57. The molecule has 3 rings (SSSR count). The van der Waals surface area contributed by atoms with Crippen LogP contribution in [-0.2, 0) is 6.18 Å². The Morgan fingerprint density at radius 1 is 1.17 bits per heavy atom. The maximum Gasteiger partial charge on any atom is 0.416 e. The molecule has 9 heteroatoms. The van der Waals surface area contributed by atoms with Gasteiger partial charge in [0.2, 0.25) is 0 Å². The van der Waals surface area contributed by atoms with Gasteiger partial charge in [-0.3, -0.25) is 0 Å². The van der Waals surface area contributed by atoms with E-state index in [1.54, 1.807) is 0 Å². The van der Waals surface area contributed by atoms with Crippen LogP contribution >= 0.6 is 34.8 Å². The lowest BCUT2D eigenvalue weighted by atomic mass is 10.2. The molecule has 0 unspecified atom stereocenters. The molecule has 120 valence electrons. The zero-order valence-corrected chi connectivity index (χ0v) is 13.5. The molecule has 1 aliphatic rings. The Hall–Kier alpha value is -1.42. The van der Waals surface area contributed by atoms with Crippen LogP contribution in [0, 0.1) is 11.3 Å². The maximum absolute atomic E-state index is 12.8. The van der Waals surface area contributed by atoms with Crippen molar-refractivity contribution in [3.05, 3.63) is 44.2 Å². The van der Waals surface area contributed by atoms with Crippen molar-refractivity contribution in [1.29, 1.82) is 5.26 Å². The molecule has 0 saturated heterocycles. The Morgan fingerprint density at radius 2 is 1.74 bits per heavy atom. The van der Waals surface area contributed by atoms with E-state index in [0.29, 0.717) is 5.69 Å². The van der Waals surface area contributed by atoms with E-state index < -0.39 is 11.7 Å². The highest BCUT2D eigenvalue weighted by atomic mass is 35.5. The average molecular weight is 381 g/mol. The molecule has 0 atom stereocenters. The van der Waals surface area contributed by atoms with Gasteiger partial charge in [-0.2, -0.15) is 23.5 Å². The predicted octanol–water partition coefficient (Wildman–Crippen LogP) is 5.60. The molecule has 2 aromatic rings. The first-order chi connectivity index (χ1) is 10.7. The number of benzene rings is 1. The summed E-state index contributed by atoms with van der Waals surface area (Å²) in [6.45, 7) is 0. The van der Waals surface area contributed by atoms with Gasteiger partial charge in [-0.05, 0) is 25.0 Å². The molecule has 1 aliphatic carbocycles. The Kier molecular flexibility index (Phi) is 3.99. The lowest BCUT2D eigenvalue weighted by molar-refractivity contribution is -0.137. The van der Waals surface area contributed by atoms with Crippen molar-refractivity contribution in [2.75, 3.05) is 0 Å². The molecule has 1 heterocycles. The first-order valence-corrected chi connectivity index (χ1v) is 7.62. The van der Waals surface area contributed by atoms with Gasteiger partial charge in [0, 0.05) is 5.92 Å². The third kappa shape index (κ3) is 2.89. The van der Waals surface area contributed by atoms with Crippen LogP contribution in [0.4, 0.5) is 13.2 Å². The second-order valence-corrected chi connectivity index (χ2v) is 6.31. The summed E-state index contributed by atoms with van der Waals surface area (Å²) in [6.07, 6.45) is -2.80. The Bertz CT molecular complexity index is 809. The molecule has 0 amide bonds. The van der Waals surface area contributed by atoms with Gasteiger partial charge >= 0.3 is 6.18 Å². The second-order valence-electron chi connectivity index (χ2n) is 5.14. The zero-order chi connectivity index (χ0) is 16.9. The monoisotopic (exact) mass is 379 g/mol. The number of rotatable bonds is 2. The fraction of sp³-hybridized carbons (Fsp3) is 0.286. The van der Waals surface area contributed by atoms with Crippen LogP contribution in [0.1, 0.15) is 35.6 Å². The van der Waals surface area contributed by atoms with E-state index in [2.05, 4.69) is 5.10 Å². The number of nitrogens with zero attached hydrogens (tertiary/aromatic N) is 3. The molecule has 1 saturated carbocycles. The van der Waals surface area contributed by atoms with Crippen molar-refractivity contribution in [2.24, 2.45) is 0 Å². The number of hydrogen-bond acceptors (Lipinski definition) is 2. The molecule has 0 spiro atoms. The van der Waals surface area contributed by atoms with Crippen LogP contribution in [0.25, 0.3) is 5.69 Å². The molecule has 1 fully saturated rings. The Balaban J connectivity index is 2.18. The summed E-state index contributed by atoms with van der Waals surface area (Å²) in [7, 11) is 0. The van der Waals surface area contributed by atoms with Crippen molar-refractivity contribution in [2.45, 2.75) is 24.9 Å². The topological polar surface area (TPSA) is 41.6 Å². The molecule has 23 heavy (non-hydrogen) atoms. The van der Waals surface area contributed by atoms with Gasteiger partial charge < -0.3 is 0 Å². The molecule has 1 aromatic carbocycles. The van der Waals surface area contributed by atoms with E-state index in [0.717, 1.165) is 29.7 Å². The van der Waals surface area contributed by atoms with Crippen molar-refractivity contribution in [3.8, 4) is 11.8 Å². The van der Waals surface area contributed by atoms with E-state index in [1.165, 1.54) is 0 Å². The van der Waals surface area contributed by atoms with Gasteiger partial charge in [-0.25, -0.2) is 4.68 Å². The van der Waals surface area contributed by atoms with Crippen LogP contribution < -0.4 is 0 Å². The number of nitriles is 1. The smallest absolute Gasteiger partial charge is 0.217 e. The summed E-state index contributed by atoms with van der Waals surface area (Å²) in [4.78, 5) is 0. The quantitative estimate of drug-likeness (QED) is 0.680. The number of halogens is 6. The lowest BCUT2D eigenvalue weighted by Crippen LogP contribution is -2.07. The average Bonchev–Trinajstić information content (AvgIpc) is 3.23. The van der Waals surface area contributed by atoms with Crippen LogP contribution in [0.2, 0.25) is 15.2 Å². The highest BCUT2D eigenvalue weighted by Crippen LogP contribution is 2.44. The normalized spacial score (nSPS) is 14.8. The number of aromatic nitrogens is 2. The van der Waals surface area contributed by atoms with E-state index in [4.69, 9.17) is 34.8 Å². The van der Waals surface area contributed by atoms with Crippen molar-refractivity contribution < 1.29 is 13.2 Å². The summed E-state index contributed by atoms with van der Waals surface area (Å²) >= 11 is 18.1. The standard InChI is InChI=1S/C14H7Cl3F3N3/c15-9-3-7(14(18,19)20)4-10(16)12(9)23-13(17)8(5-21)11(22-23)6-1-2-6/h3-4,6H,1-2H2. The molecule has 0 bridgehead atoms. The molecule has 3 nitrogen and oxygen atoms in total. The predicted molar refractivity (Wildman–Crippen MR) is 80.3 cm³/mol. The van der Waals surface area contributed by atoms with Gasteiger partial charge in [-0.15, -0.1) is 0 Å². The molecule has 0 N–H and O–H groups in total. The third-order valence-corrected chi connectivity index (χ3v) is 4.41. The third-order valence-electron chi connectivity index (χ3n) is 3.49. The molecular formula is C14H7Cl3F3N3. The zero-order valence-electron chi connectivity index (χ0n) is 11.3. The Labute approximate surface area is 144 Å². The molecule has 0 aliphatic heterocycles. The first-order valence-electron chi connectivity index (χ1n) is 6.49. The van der Waals surface area contributed by atoms with Gasteiger partial charge in [0.05, 0.1) is 21.3 Å². The SMILES string of the molecule is N#Cc1c(C2CC2)nn(-c2c(Cl)cc(C(F)(F)F)cc2Cl)c1Cl. The van der Waals surface area contributed by atoms with Crippen LogP contribution in [-0.4, -0.2) is 9.78 Å². The summed E-state index contributed by atoms with van der Waals surface area (Å²) in [5, 5.41) is 12.9. The van der Waals surface area contributed by atoms with Crippen LogP contribution in [0.3, 0.4) is 0 Å². The fourth-order valence-electron chi connectivity index (χ4n) is 2.24. The van der Waals surface area contributed by atoms with Gasteiger partial charge in [0.1, 0.15) is 17.3 Å². The van der Waals surface area contributed by atoms with E-state index in [9.17, 15) is 18.4 Å². The minimum absolute atomic E-state index is 0.0158. The fourth-order valence-corrected chi connectivity index (χ4v) is 3.15. The summed E-state index contributed by atoms with van der Waals surface area (Å²) in [5.74, 6) is 0.135. The van der Waals surface area contributed by atoms with Crippen molar-refractivity contribution in [3.63, 3.8) is 0 Å². The minimum Gasteiger partial charge on any atom is -0.217 e. The molecule has 0 radical (unpaired) electrons. The highest BCUT2D eigenvalue weighted by molar-refractivity contribution is 6.38. The molecular weight excluding hydrogens is 374 g/mol. The summed E-state index contributed by atoms with van der Waals surface area (Å²) in [5.41, 5.74) is -0.233. The number of alkyl halides is 3. The molecule has 1 aromatic heterocycles. The highest BCUT2D eigenvalue weighted by Gasteiger charge is 2.34. The van der Waals surface area contributed by atoms with Gasteiger partial charge in [-0.1, -0.05) is 34.8 Å².